The van der Waals surface area contributed by atoms with Gasteiger partial charge < -0.3 is 9.80 Å². The van der Waals surface area contributed by atoms with Gasteiger partial charge in [0.25, 0.3) is 0 Å². The van der Waals surface area contributed by atoms with E-state index in [1.807, 2.05) is 10.3 Å². The number of nitrogens with zero attached hydrogens (tertiary/aromatic N) is 3. The highest BCUT2D eigenvalue weighted by Gasteiger charge is 2.35. The fourth-order valence-electron chi connectivity index (χ4n) is 4.05. The molecule has 2 heterocycles. The van der Waals surface area contributed by atoms with E-state index in [0.717, 1.165) is 44.7 Å². The zero-order valence-corrected chi connectivity index (χ0v) is 15.9. The molecule has 1 aliphatic carbocycles. The summed E-state index contributed by atoms with van der Waals surface area (Å²) in [6, 6.07) is 0.467. The van der Waals surface area contributed by atoms with E-state index >= 15 is 0 Å². The number of aromatic nitrogens is 1. The lowest BCUT2D eigenvalue weighted by Crippen LogP contribution is -2.54. The van der Waals surface area contributed by atoms with Gasteiger partial charge in [0.2, 0.25) is 5.91 Å². The Labute approximate surface area is 153 Å². The van der Waals surface area contributed by atoms with Gasteiger partial charge in [-0.25, -0.2) is 9.78 Å². The number of anilines is 1. The molecule has 1 aliphatic heterocycles. The average Bonchev–Trinajstić information content (AvgIpc) is 3.10. The van der Waals surface area contributed by atoms with Gasteiger partial charge in [0.05, 0.1) is 0 Å². The van der Waals surface area contributed by atoms with Gasteiger partial charge in [-0.3, -0.25) is 10.1 Å². The third kappa shape index (κ3) is 4.51. The Kier molecular flexibility index (Phi) is 5.93. The van der Waals surface area contributed by atoms with E-state index in [9.17, 15) is 9.59 Å². The van der Waals surface area contributed by atoms with Crippen LogP contribution >= 0.6 is 11.3 Å². The largest absolute Gasteiger partial charge is 0.343 e. The predicted molar refractivity (Wildman–Crippen MR) is 99.7 cm³/mol. The van der Waals surface area contributed by atoms with Crippen LogP contribution < -0.4 is 5.32 Å². The van der Waals surface area contributed by atoms with Crippen LogP contribution in [0.3, 0.4) is 0 Å². The smallest absolute Gasteiger partial charge is 0.324 e. The number of carbonyl (C=O) groups excluding carboxylic acids is 2. The summed E-state index contributed by atoms with van der Waals surface area (Å²) in [5.41, 5.74) is 0. The molecule has 6 nitrogen and oxygen atoms in total. The molecule has 0 atom stereocenters. The third-order valence-corrected chi connectivity index (χ3v) is 6.25. The Morgan fingerprint density at radius 1 is 1.16 bits per heavy atom. The van der Waals surface area contributed by atoms with Gasteiger partial charge in [-0.15, -0.1) is 11.3 Å². The molecule has 1 aromatic rings. The van der Waals surface area contributed by atoms with Crippen molar-refractivity contribution in [2.45, 2.75) is 64.5 Å². The maximum absolute atomic E-state index is 13.0. The molecular weight excluding hydrogens is 336 g/mol. The first-order chi connectivity index (χ1) is 12.0. The second kappa shape index (κ2) is 8.17. The number of likely N-dealkylation sites (tertiary alicyclic amines) is 1. The monoisotopic (exact) mass is 364 g/mol. The molecule has 25 heavy (non-hydrogen) atoms. The van der Waals surface area contributed by atoms with Crippen molar-refractivity contribution in [1.82, 2.24) is 14.8 Å². The summed E-state index contributed by atoms with van der Waals surface area (Å²) in [4.78, 5) is 32.7. The Morgan fingerprint density at radius 2 is 1.80 bits per heavy atom. The Bertz CT molecular complexity index is 576. The van der Waals surface area contributed by atoms with Crippen molar-refractivity contribution < 1.29 is 9.59 Å². The van der Waals surface area contributed by atoms with Crippen LogP contribution in [0.5, 0.6) is 0 Å². The van der Waals surface area contributed by atoms with Crippen LogP contribution in [0.2, 0.25) is 0 Å². The van der Waals surface area contributed by atoms with Gasteiger partial charge in [-0.2, -0.15) is 0 Å². The molecule has 3 amide bonds. The van der Waals surface area contributed by atoms with Crippen LogP contribution in [0.1, 0.15) is 52.4 Å². The second-order valence-corrected chi connectivity index (χ2v) is 8.22. The molecule has 1 saturated heterocycles. The summed E-state index contributed by atoms with van der Waals surface area (Å²) >= 11 is 1.44. The summed E-state index contributed by atoms with van der Waals surface area (Å²) in [6.07, 6.45) is 7.92. The van der Waals surface area contributed by atoms with Crippen LogP contribution in [0.15, 0.2) is 11.6 Å². The summed E-state index contributed by atoms with van der Waals surface area (Å²) in [5, 5.41) is 5.50. The number of amides is 3. The lowest BCUT2D eigenvalue weighted by molar-refractivity contribution is -0.130. The van der Waals surface area contributed by atoms with Crippen LogP contribution in [0, 0.1) is 5.92 Å². The van der Waals surface area contributed by atoms with E-state index in [0.29, 0.717) is 11.2 Å². The van der Waals surface area contributed by atoms with Crippen LogP contribution in [0.25, 0.3) is 0 Å². The molecule has 0 spiro atoms. The van der Waals surface area contributed by atoms with Gasteiger partial charge in [0.1, 0.15) is 0 Å². The first kappa shape index (κ1) is 18.2. The van der Waals surface area contributed by atoms with Crippen LogP contribution in [0.4, 0.5) is 9.93 Å². The lowest BCUT2D eigenvalue weighted by Gasteiger charge is -2.44. The van der Waals surface area contributed by atoms with E-state index in [4.69, 9.17) is 0 Å². The fourth-order valence-corrected chi connectivity index (χ4v) is 4.57. The first-order valence-electron chi connectivity index (χ1n) is 9.29. The molecule has 0 radical (unpaired) electrons. The van der Waals surface area contributed by atoms with Gasteiger partial charge in [-0.1, -0.05) is 6.92 Å². The fraction of sp³-hybridized carbons (Fsp3) is 0.722. The predicted octanol–water partition coefficient (Wildman–Crippen LogP) is 3.57. The van der Waals surface area contributed by atoms with Crippen molar-refractivity contribution in [2.75, 3.05) is 18.4 Å². The summed E-state index contributed by atoms with van der Waals surface area (Å²) in [7, 11) is 0. The van der Waals surface area contributed by atoms with E-state index in [2.05, 4.69) is 22.1 Å². The van der Waals surface area contributed by atoms with Crippen molar-refractivity contribution in [1.29, 1.82) is 0 Å². The number of hydrogen-bond donors (Lipinski definition) is 1. The Balaban J connectivity index is 1.70. The molecule has 7 heteroatoms. The number of piperidine rings is 1. The van der Waals surface area contributed by atoms with E-state index < -0.39 is 0 Å². The molecule has 0 unspecified atom stereocenters. The minimum atomic E-state index is -0.0317. The minimum Gasteiger partial charge on any atom is -0.343 e. The number of rotatable bonds is 3. The van der Waals surface area contributed by atoms with Crippen molar-refractivity contribution in [3.8, 4) is 0 Å². The molecule has 1 N–H and O–H groups in total. The number of urea groups is 1. The maximum atomic E-state index is 13.0. The Morgan fingerprint density at radius 3 is 2.36 bits per heavy atom. The molecule has 1 aromatic heterocycles. The number of hydrogen-bond acceptors (Lipinski definition) is 4. The number of thiazole rings is 1. The number of nitrogens with one attached hydrogen (secondary N) is 1. The Hall–Kier alpha value is -1.63. The van der Waals surface area contributed by atoms with Crippen molar-refractivity contribution in [3.63, 3.8) is 0 Å². The normalized spacial score (nSPS) is 24.8. The van der Waals surface area contributed by atoms with E-state index in [-0.39, 0.29) is 18.0 Å². The van der Waals surface area contributed by atoms with Crippen LogP contribution in [-0.4, -0.2) is 51.9 Å². The molecule has 0 aromatic carbocycles. The van der Waals surface area contributed by atoms with Gasteiger partial charge in [0.15, 0.2) is 5.13 Å². The molecule has 138 valence electrons. The first-order valence-corrected chi connectivity index (χ1v) is 10.2. The van der Waals surface area contributed by atoms with Crippen molar-refractivity contribution >= 4 is 28.4 Å². The molecule has 1 saturated carbocycles. The zero-order chi connectivity index (χ0) is 17.8. The molecule has 3 rings (SSSR count). The lowest BCUT2D eigenvalue weighted by atomic mass is 9.85. The summed E-state index contributed by atoms with van der Waals surface area (Å²) < 4.78 is 0. The minimum absolute atomic E-state index is 0.0317. The summed E-state index contributed by atoms with van der Waals surface area (Å²) in [6.45, 7) is 5.39. The van der Waals surface area contributed by atoms with Crippen LogP contribution in [-0.2, 0) is 4.79 Å². The van der Waals surface area contributed by atoms with E-state index in [1.165, 1.54) is 24.2 Å². The quantitative estimate of drug-likeness (QED) is 0.892. The topological polar surface area (TPSA) is 65.5 Å². The van der Waals surface area contributed by atoms with Gasteiger partial charge >= 0.3 is 6.03 Å². The zero-order valence-electron chi connectivity index (χ0n) is 15.1. The SMILES string of the molecule is CC(=O)N1CCC(N(C(=O)Nc2nccs2)C2CCC(C)CC2)CC1. The maximum Gasteiger partial charge on any atom is 0.324 e. The summed E-state index contributed by atoms with van der Waals surface area (Å²) in [5.74, 6) is 0.878. The molecular formula is C18H28N4O2S. The highest BCUT2D eigenvalue weighted by atomic mass is 32.1. The van der Waals surface area contributed by atoms with Gasteiger partial charge in [0, 0.05) is 43.7 Å². The third-order valence-electron chi connectivity index (χ3n) is 5.56. The highest BCUT2D eigenvalue weighted by molar-refractivity contribution is 7.13. The number of carbonyl (C=O) groups is 2. The van der Waals surface area contributed by atoms with Gasteiger partial charge in [-0.05, 0) is 44.4 Å². The average molecular weight is 365 g/mol. The molecule has 0 bridgehead atoms. The van der Waals surface area contributed by atoms with Crippen molar-refractivity contribution in [2.24, 2.45) is 5.92 Å². The van der Waals surface area contributed by atoms with E-state index in [1.54, 1.807) is 13.1 Å². The molecule has 2 fully saturated rings. The standard InChI is InChI=1S/C18H28N4O2S/c1-13-3-5-15(6-4-13)22(18(24)20-17-19-9-12-25-17)16-7-10-21(11-8-16)14(2)23/h9,12-13,15-16H,3-8,10-11H2,1-2H3,(H,19,20,24). The molecule has 2 aliphatic rings. The second-order valence-electron chi connectivity index (χ2n) is 7.33. The highest BCUT2D eigenvalue weighted by Crippen LogP contribution is 2.31. The van der Waals surface area contributed by atoms with Crippen molar-refractivity contribution in [3.05, 3.63) is 11.6 Å².